The highest BCUT2D eigenvalue weighted by Gasteiger charge is 2.25. The Hall–Kier alpha value is -1.07. The molecule has 1 amide bonds. The van der Waals surface area contributed by atoms with Crippen LogP contribution in [0.2, 0.25) is 0 Å². The maximum absolute atomic E-state index is 11.7. The highest BCUT2D eigenvalue weighted by atomic mass is 19.4. The van der Waals surface area contributed by atoms with E-state index >= 15 is 0 Å². The highest BCUT2D eigenvalue weighted by molar-refractivity contribution is 5.83. The van der Waals surface area contributed by atoms with Crippen molar-refractivity contribution < 1.29 is 22.8 Å². The van der Waals surface area contributed by atoms with Gasteiger partial charge in [-0.05, 0) is 13.3 Å². The highest BCUT2D eigenvalue weighted by Crippen LogP contribution is 2.20. The molecule has 0 saturated heterocycles. The molecule has 0 heterocycles. The van der Waals surface area contributed by atoms with Crippen molar-refractivity contribution >= 4 is 11.7 Å². The molecule has 0 unspecified atom stereocenters. The molecule has 0 fully saturated rings. The second-order valence-electron chi connectivity index (χ2n) is 3.27. The van der Waals surface area contributed by atoms with Gasteiger partial charge in [-0.2, -0.15) is 13.2 Å². The Morgan fingerprint density at radius 2 is 1.80 bits per heavy atom. The maximum Gasteiger partial charge on any atom is 0.389 e. The van der Waals surface area contributed by atoms with Crippen molar-refractivity contribution in [3.63, 3.8) is 0 Å². The van der Waals surface area contributed by atoms with Gasteiger partial charge in [0.05, 0.1) is 0 Å². The molecule has 0 atom stereocenters. The molecule has 0 aromatic rings. The Morgan fingerprint density at radius 3 is 2.27 bits per heavy atom. The largest absolute Gasteiger partial charge is 0.389 e. The van der Waals surface area contributed by atoms with Crippen LogP contribution in [0.1, 0.15) is 32.6 Å². The summed E-state index contributed by atoms with van der Waals surface area (Å²) in [4.78, 5) is 21.4. The lowest BCUT2D eigenvalue weighted by Crippen LogP contribution is -2.25. The fraction of sp³-hybridized carbons (Fsp3) is 0.778. The lowest BCUT2D eigenvalue weighted by Gasteiger charge is -2.06. The van der Waals surface area contributed by atoms with Gasteiger partial charge in [-0.15, -0.1) is 0 Å². The molecule has 0 rings (SSSR count). The molecule has 0 saturated carbocycles. The number of ketones is 1. The summed E-state index contributed by atoms with van der Waals surface area (Å²) in [6.45, 7) is 1.35. The van der Waals surface area contributed by atoms with Crippen LogP contribution in [0.5, 0.6) is 0 Å². The number of Topliss-reactive ketones (excluding diaryl/α,β-unsaturated/α-hetero) is 1. The van der Waals surface area contributed by atoms with Crippen LogP contribution in [0.25, 0.3) is 0 Å². The Balaban J connectivity index is 3.44. The van der Waals surface area contributed by atoms with Crippen molar-refractivity contribution in [2.75, 3.05) is 6.54 Å². The first-order valence-electron chi connectivity index (χ1n) is 4.64. The van der Waals surface area contributed by atoms with Gasteiger partial charge in [0.25, 0.3) is 0 Å². The minimum absolute atomic E-state index is 0.00372. The van der Waals surface area contributed by atoms with Gasteiger partial charge < -0.3 is 10.1 Å². The number of halogens is 3. The molecule has 1 N–H and O–H groups in total. The number of carbonyl (C=O) groups is 2. The first kappa shape index (κ1) is 13.9. The van der Waals surface area contributed by atoms with Gasteiger partial charge in [-0.1, -0.05) is 0 Å². The number of carbonyl (C=O) groups excluding carboxylic acids is 2. The molecule has 3 nitrogen and oxygen atoms in total. The molecule has 88 valence electrons. The maximum atomic E-state index is 11.7. The SMILES string of the molecule is CC(=O)CCC(=O)NCCCC(F)(F)F. The van der Waals surface area contributed by atoms with Crippen molar-refractivity contribution in [3.05, 3.63) is 0 Å². The summed E-state index contributed by atoms with van der Waals surface area (Å²) in [5.74, 6) is -0.493. The zero-order valence-electron chi connectivity index (χ0n) is 8.49. The van der Waals surface area contributed by atoms with E-state index < -0.39 is 12.6 Å². The van der Waals surface area contributed by atoms with Crippen molar-refractivity contribution in [3.8, 4) is 0 Å². The van der Waals surface area contributed by atoms with E-state index in [1.165, 1.54) is 6.92 Å². The quantitative estimate of drug-likeness (QED) is 0.701. The number of rotatable bonds is 6. The number of amides is 1. The number of alkyl halides is 3. The summed E-state index contributed by atoms with van der Waals surface area (Å²) in [5, 5.41) is 2.32. The predicted molar refractivity (Wildman–Crippen MR) is 48.2 cm³/mol. The van der Waals surface area contributed by atoms with E-state index in [-0.39, 0.29) is 37.5 Å². The average molecular weight is 225 g/mol. The zero-order valence-corrected chi connectivity index (χ0v) is 8.49. The summed E-state index contributed by atoms with van der Waals surface area (Å²) in [6.07, 6.45) is -5.04. The standard InChI is InChI=1S/C9H14F3NO2/c1-7(14)3-4-8(15)13-6-2-5-9(10,11)12/h2-6H2,1H3,(H,13,15). The molecule has 0 aliphatic rings. The van der Waals surface area contributed by atoms with Crippen LogP contribution in [-0.2, 0) is 9.59 Å². The molecule has 0 aliphatic carbocycles. The van der Waals surface area contributed by atoms with Crippen molar-refractivity contribution in [1.82, 2.24) is 5.32 Å². The fourth-order valence-corrected chi connectivity index (χ4v) is 0.895. The van der Waals surface area contributed by atoms with E-state index in [1.807, 2.05) is 0 Å². The lowest BCUT2D eigenvalue weighted by molar-refractivity contribution is -0.136. The molecule has 0 radical (unpaired) electrons. The van der Waals surface area contributed by atoms with Gasteiger partial charge in [0, 0.05) is 25.8 Å². The second kappa shape index (κ2) is 6.42. The Bertz CT molecular complexity index is 226. The molecular formula is C9H14F3NO2. The summed E-state index contributed by atoms with van der Waals surface area (Å²) in [5.41, 5.74) is 0. The van der Waals surface area contributed by atoms with Crippen LogP contribution >= 0.6 is 0 Å². The third-order valence-electron chi connectivity index (χ3n) is 1.66. The Kier molecular flexibility index (Phi) is 5.96. The molecule has 15 heavy (non-hydrogen) atoms. The zero-order chi connectivity index (χ0) is 11.9. The molecule has 0 spiro atoms. The van der Waals surface area contributed by atoms with Gasteiger partial charge in [-0.3, -0.25) is 4.79 Å². The minimum Gasteiger partial charge on any atom is -0.356 e. The number of hydrogen-bond acceptors (Lipinski definition) is 2. The smallest absolute Gasteiger partial charge is 0.356 e. The molecule has 0 aromatic heterocycles. The normalized spacial score (nSPS) is 11.2. The molecular weight excluding hydrogens is 211 g/mol. The third-order valence-corrected chi connectivity index (χ3v) is 1.66. The van der Waals surface area contributed by atoms with Gasteiger partial charge in [0.2, 0.25) is 5.91 Å². The average Bonchev–Trinajstić information content (AvgIpc) is 2.07. The van der Waals surface area contributed by atoms with Gasteiger partial charge in [0.15, 0.2) is 0 Å². The van der Waals surface area contributed by atoms with Crippen molar-refractivity contribution in [2.45, 2.75) is 38.8 Å². The molecule has 0 bridgehead atoms. The fourth-order valence-electron chi connectivity index (χ4n) is 0.895. The van der Waals surface area contributed by atoms with E-state index in [1.54, 1.807) is 0 Å². The molecule has 6 heteroatoms. The van der Waals surface area contributed by atoms with Crippen LogP contribution < -0.4 is 5.32 Å². The van der Waals surface area contributed by atoms with E-state index in [0.29, 0.717) is 0 Å². The van der Waals surface area contributed by atoms with Crippen molar-refractivity contribution in [2.24, 2.45) is 0 Å². The summed E-state index contributed by atoms with van der Waals surface area (Å²) >= 11 is 0. The molecule has 0 aliphatic heterocycles. The third kappa shape index (κ3) is 10.9. The van der Waals surface area contributed by atoms with Gasteiger partial charge in [0.1, 0.15) is 5.78 Å². The summed E-state index contributed by atoms with van der Waals surface area (Å²) < 4.78 is 35.0. The van der Waals surface area contributed by atoms with Crippen LogP contribution in [0.15, 0.2) is 0 Å². The summed E-state index contributed by atoms with van der Waals surface area (Å²) in [6, 6.07) is 0. The first-order valence-corrected chi connectivity index (χ1v) is 4.64. The van der Waals surface area contributed by atoms with Gasteiger partial charge >= 0.3 is 6.18 Å². The number of nitrogens with one attached hydrogen (secondary N) is 1. The Morgan fingerprint density at radius 1 is 1.20 bits per heavy atom. The predicted octanol–water partition coefficient (Wildman–Crippen LogP) is 1.81. The lowest BCUT2D eigenvalue weighted by atomic mass is 10.2. The second-order valence-corrected chi connectivity index (χ2v) is 3.27. The monoisotopic (exact) mass is 225 g/mol. The number of hydrogen-bond donors (Lipinski definition) is 1. The van der Waals surface area contributed by atoms with E-state index in [2.05, 4.69) is 5.32 Å². The van der Waals surface area contributed by atoms with E-state index in [4.69, 9.17) is 0 Å². The van der Waals surface area contributed by atoms with Crippen molar-refractivity contribution in [1.29, 1.82) is 0 Å². The van der Waals surface area contributed by atoms with E-state index in [9.17, 15) is 22.8 Å². The minimum atomic E-state index is -4.18. The van der Waals surface area contributed by atoms with Crippen LogP contribution in [0.3, 0.4) is 0 Å². The molecule has 0 aromatic carbocycles. The topological polar surface area (TPSA) is 46.2 Å². The van der Waals surface area contributed by atoms with E-state index in [0.717, 1.165) is 0 Å². The van der Waals surface area contributed by atoms with Crippen LogP contribution in [0, 0.1) is 0 Å². The Labute approximate surface area is 86.0 Å². The summed E-state index contributed by atoms with van der Waals surface area (Å²) in [7, 11) is 0. The van der Waals surface area contributed by atoms with Crippen LogP contribution in [0.4, 0.5) is 13.2 Å². The van der Waals surface area contributed by atoms with Gasteiger partial charge in [-0.25, -0.2) is 0 Å². The van der Waals surface area contributed by atoms with Crippen LogP contribution in [-0.4, -0.2) is 24.4 Å². The first-order chi connectivity index (χ1) is 6.81.